The van der Waals surface area contributed by atoms with Gasteiger partial charge in [-0.3, -0.25) is 0 Å². The minimum atomic E-state index is -0.267. The summed E-state index contributed by atoms with van der Waals surface area (Å²) in [5.74, 6) is 0. The minimum absolute atomic E-state index is 0.130. The largest absolute Gasteiger partial charge is 0.395 e. The number of aliphatic hydroxyl groups excluding tert-OH is 1. The molecule has 23 heavy (non-hydrogen) atoms. The van der Waals surface area contributed by atoms with Crippen LogP contribution in [0.4, 0.5) is 0 Å². The van der Waals surface area contributed by atoms with Crippen molar-refractivity contribution in [1.29, 1.82) is 0 Å². The fraction of sp³-hybridized carbons (Fsp3) is 0.333. The first kappa shape index (κ1) is 14.8. The monoisotopic (exact) mass is 325 g/mol. The van der Waals surface area contributed by atoms with Crippen LogP contribution >= 0.6 is 11.3 Å². The molecular formula is C18H19N3OS. The van der Waals surface area contributed by atoms with E-state index in [-0.39, 0.29) is 12.0 Å². The number of rotatable bonds is 3. The molecule has 0 saturated carbocycles. The van der Waals surface area contributed by atoms with Crippen molar-refractivity contribution in [3.8, 4) is 11.1 Å². The lowest BCUT2D eigenvalue weighted by atomic mass is 9.75. The number of aliphatic hydroxyl groups is 1. The van der Waals surface area contributed by atoms with E-state index in [0.717, 1.165) is 41.8 Å². The van der Waals surface area contributed by atoms with Crippen LogP contribution in [0.25, 0.3) is 21.3 Å². The molecule has 0 bridgehead atoms. The maximum atomic E-state index is 10.2. The Morgan fingerprint density at radius 2 is 1.91 bits per heavy atom. The molecule has 0 unspecified atom stereocenters. The van der Waals surface area contributed by atoms with Gasteiger partial charge in [0.15, 0.2) is 0 Å². The molecule has 1 aliphatic rings. The molecule has 1 aliphatic heterocycles. The third-order valence-electron chi connectivity index (χ3n) is 4.82. The maximum Gasteiger partial charge on any atom is 0.127 e. The van der Waals surface area contributed by atoms with E-state index in [9.17, 15) is 5.11 Å². The molecule has 0 amide bonds. The molecule has 0 radical (unpaired) electrons. The van der Waals surface area contributed by atoms with Gasteiger partial charge in [-0.25, -0.2) is 9.97 Å². The molecule has 3 heterocycles. The summed E-state index contributed by atoms with van der Waals surface area (Å²) in [7, 11) is 0. The van der Waals surface area contributed by atoms with E-state index in [0.29, 0.717) is 0 Å². The quantitative estimate of drug-likeness (QED) is 0.777. The summed E-state index contributed by atoms with van der Waals surface area (Å²) in [5.41, 5.74) is 3.09. The summed E-state index contributed by atoms with van der Waals surface area (Å²) in [6.07, 6.45) is 3.45. The molecule has 2 aromatic heterocycles. The van der Waals surface area contributed by atoms with Gasteiger partial charge in [-0.2, -0.15) is 0 Å². The van der Waals surface area contributed by atoms with Crippen LogP contribution in [0, 0.1) is 0 Å². The van der Waals surface area contributed by atoms with Crippen LogP contribution < -0.4 is 5.32 Å². The number of benzene rings is 1. The lowest BCUT2D eigenvalue weighted by Crippen LogP contribution is -2.43. The van der Waals surface area contributed by atoms with Crippen molar-refractivity contribution in [3.05, 3.63) is 47.7 Å². The third-order valence-corrected chi connectivity index (χ3v) is 5.71. The second-order valence-electron chi connectivity index (χ2n) is 6.11. The standard InChI is InChI=1S/C18H19N3OS/c22-11-18(6-8-19-9-7-18)16-15-14(13-4-2-1-3-5-13)10-23-17(15)21-12-20-16/h1-5,10,12,19,22H,6-9,11H2. The molecule has 3 aromatic rings. The van der Waals surface area contributed by atoms with Crippen molar-refractivity contribution in [2.75, 3.05) is 19.7 Å². The summed E-state index contributed by atoms with van der Waals surface area (Å²) in [6.45, 7) is 1.96. The number of fused-ring (bicyclic) bond motifs is 1. The van der Waals surface area contributed by atoms with Gasteiger partial charge in [0.2, 0.25) is 0 Å². The number of piperidine rings is 1. The van der Waals surface area contributed by atoms with Gasteiger partial charge in [0.25, 0.3) is 0 Å². The van der Waals surface area contributed by atoms with E-state index in [1.165, 1.54) is 11.1 Å². The molecule has 4 rings (SSSR count). The summed E-state index contributed by atoms with van der Waals surface area (Å²) in [4.78, 5) is 10.1. The zero-order valence-corrected chi connectivity index (χ0v) is 13.6. The first-order valence-electron chi connectivity index (χ1n) is 7.94. The van der Waals surface area contributed by atoms with E-state index in [2.05, 4.69) is 44.9 Å². The number of nitrogens with one attached hydrogen (secondary N) is 1. The molecule has 0 aliphatic carbocycles. The highest BCUT2D eigenvalue weighted by Gasteiger charge is 2.37. The summed E-state index contributed by atoms with van der Waals surface area (Å²) in [6, 6.07) is 10.4. The number of nitrogens with zero attached hydrogens (tertiary/aromatic N) is 2. The van der Waals surface area contributed by atoms with Crippen molar-refractivity contribution in [2.24, 2.45) is 0 Å². The molecule has 1 aromatic carbocycles. The van der Waals surface area contributed by atoms with Crippen LogP contribution in [-0.4, -0.2) is 34.8 Å². The molecule has 0 spiro atoms. The zero-order chi connectivity index (χ0) is 15.7. The first-order valence-corrected chi connectivity index (χ1v) is 8.82. The van der Waals surface area contributed by atoms with Crippen molar-refractivity contribution < 1.29 is 5.11 Å². The van der Waals surface area contributed by atoms with Crippen LogP contribution in [-0.2, 0) is 5.41 Å². The van der Waals surface area contributed by atoms with E-state index in [4.69, 9.17) is 0 Å². The fourth-order valence-corrected chi connectivity index (χ4v) is 4.40. The number of thiophene rings is 1. The highest BCUT2D eigenvalue weighted by molar-refractivity contribution is 7.17. The van der Waals surface area contributed by atoms with Gasteiger partial charge in [-0.1, -0.05) is 30.3 Å². The Kier molecular flexibility index (Phi) is 3.85. The van der Waals surface area contributed by atoms with Gasteiger partial charge in [0.05, 0.1) is 12.3 Å². The Morgan fingerprint density at radius 3 is 2.65 bits per heavy atom. The van der Waals surface area contributed by atoms with Gasteiger partial charge in [0.1, 0.15) is 11.2 Å². The predicted molar refractivity (Wildman–Crippen MR) is 93.7 cm³/mol. The van der Waals surface area contributed by atoms with Crippen molar-refractivity contribution in [1.82, 2.24) is 15.3 Å². The second-order valence-corrected chi connectivity index (χ2v) is 6.96. The van der Waals surface area contributed by atoms with Crippen LogP contribution in [0.3, 0.4) is 0 Å². The SMILES string of the molecule is OCC1(c2ncnc3scc(-c4ccccc4)c23)CCNCC1. The first-order chi connectivity index (χ1) is 11.3. The Hall–Kier alpha value is -1.82. The number of aromatic nitrogens is 2. The zero-order valence-electron chi connectivity index (χ0n) is 12.8. The molecule has 5 heteroatoms. The Morgan fingerprint density at radius 1 is 1.13 bits per heavy atom. The lowest BCUT2D eigenvalue weighted by Gasteiger charge is -2.36. The summed E-state index contributed by atoms with van der Waals surface area (Å²) in [5, 5.41) is 16.8. The van der Waals surface area contributed by atoms with E-state index < -0.39 is 0 Å². The van der Waals surface area contributed by atoms with Gasteiger partial charge in [-0.05, 0) is 31.5 Å². The van der Waals surface area contributed by atoms with E-state index >= 15 is 0 Å². The average molecular weight is 325 g/mol. The van der Waals surface area contributed by atoms with Crippen LogP contribution in [0.15, 0.2) is 42.0 Å². The smallest absolute Gasteiger partial charge is 0.127 e. The van der Waals surface area contributed by atoms with Crippen molar-refractivity contribution in [2.45, 2.75) is 18.3 Å². The predicted octanol–water partition coefficient (Wildman–Crippen LogP) is 2.97. The van der Waals surface area contributed by atoms with Crippen molar-refractivity contribution in [3.63, 3.8) is 0 Å². The number of hydrogen-bond donors (Lipinski definition) is 2. The average Bonchev–Trinajstić information content (AvgIpc) is 3.07. The highest BCUT2D eigenvalue weighted by atomic mass is 32.1. The van der Waals surface area contributed by atoms with Gasteiger partial charge < -0.3 is 10.4 Å². The van der Waals surface area contributed by atoms with E-state index in [1.807, 2.05) is 6.07 Å². The maximum absolute atomic E-state index is 10.2. The molecular weight excluding hydrogens is 306 g/mol. The van der Waals surface area contributed by atoms with Gasteiger partial charge >= 0.3 is 0 Å². The Balaban J connectivity index is 1.95. The molecule has 1 saturated heterocycles. The summed E-state index contributed by atoms with van der Waals surface area (Å²) >= 11 is 1.65. The van der Waals surface area contributed by atoms with Crippen LogP contribution in [0.1, 0.15) is 18.5 Å². The summed E-state index contributed by atoms with van der Waals surface area (Å²) < 4.78 is 0. The van der Waals surface area contributed by atoms with Gasteiger partial charge in [0, 0.05) is 21.7 Å². The second kappa shape index (κ2) is 6.00. The normalized spacial score (nSPS) is 17.4. The van der Waals surface area contributed by atoms with Crippen LogP contribution in [0.5, 0.6) is 0 Å². The highest BCUT2D eigenvalue weighted by Crippen LogP contribution is 2.41. The molecule has 118 valence electrons. The molecule has 1 fully saturated rings. The van der Waals surface area contributed by atoms with Crippen LogP contribution in [0.2, 0.25) is 0 Å². The molecule has 2 N–H and O–H groups in total. The minimum Gasteiger partial charge on any atom is -0.395 e. The topological polar surface area (TPSA) is 58.0 Å². The number of hydrogen-bond acceptors (Lipinski definition) is 5. The Bertz CT molecular complexity index is 810. The lowest BCUT2D eigenvalue weighted by molar-refractivity contribution is 0.156. The molecule has 4 nitrogen and oxygen atoms in total. The van der Waals surface area contributed by atoms with Crippen molar-refractivity contribution >= 4 is 21.6 Å². The molecule has 0 atom stereocenters. The third kappa shape index (κ3) is 2.45. The fourth-order valence-electron chi connectivity index (χ4n) is 3.48. The van der Waals surface area contributed by atoms with Gasteiger partial charge in [-0.15, -0.1) is 11.3 Å². The Labute approximate surface area is 139 Å². The van der Waals surface area contributed by atoms with E-state index in [1.54, 1.807) is 17.7 Å².